The van der Waals surface area contributed by atoms with Gasteiger partial charge in [0.05, 0.1) is 18.6 Å². The van der Waals surface area contributed by atoms with Gasteiger partial charge in [0, 0.05) is 14.2 Å². The number of ether oxygens (including phenoxy) is 2. The molecule has 1 aromatic heterocycles. The first-order chi connectivity index (χ1) is 9.68. The van der Waals surface area contributed by atoms with E-state index in [1.165, 1.54) is 14.2 Å². The highest BCUT2D eigenvalue weighted by Crippen LogP contribution is 2.29. The lowest BCUT2D eigenvalue weighted by atomic mass is 10.1. The number of rotatable bonds is 6. The zero-order valence-corrected chi connectivity index (χ0v) is 12.0. The standard InChI is InChI=1S/C15H20N2O3/c1-12(13-7-5-4-6-8-13)17-11-16-9-14(17)15(10-18,19-2)20-3/h4-9,11-12,18H,10H2,1-3H3. The third-order valence-corrected chi connectivity index (χ3v) is 3.62. The molecule has 5 nitrogen and oxygen atoms in total. The van der Waals surface area contributed by atoms with Crippen LogP contribution in [-0.4, -0.2) is 35.5 Å². The van der Waals surface area contributed by atoms with Crippen molar-refractivity contribution in [2.45, 2.75) is 18.8 Å². The molecule has 0 aliphatic heterocycles. The summed E-state index contributed by atoms with van der Waals surface area (Å²) >= 11 is 0. The van der Waals surface area contributed by atoms with Crippen molar-refractivity contribution in [3.63, 3.8) is 0 Å². The highest BCUT2D eigenvalue weighted by molar-refractivity contribution is 5.21. The Labute approximate surface area is 118 Å². The lowest BCUT2D eigenvalue weighted by Gasteiger charge is -2.31. The summed E-state index contributed by atoms with van der Waals surface area (Å²) in [7, 11) is 3.01. The number of aliphatic hydroxyl groups excluding tert-OH is 1. The van der Waals surface area contributed by atoms with E-state index in [1.807, 2.05) is 22.8 Å². The average Bonchev–Trinajstić information content (AvgIpc) is 3.00. The van der Waals surface area contributed by atoms with Gasteiger partial charge in [-0.2, -0.15) is 0 Å². The normalized spacial score (nSPS) is 13.4. The topological polar surface area (TPSA) is 56.5 Å². The van der Waals surface area contributed by atoms with E-state index < -0.39 is 5.79 Å². The van der Waals surface area contributed by atoms with E-state index in [0.717, 1.165) is 5.56 Å². The SMILES string of the molecule is COC(CO)(OC)c1cncn1C(C)c1ccccc1. The Morgan fingerprint density at radius 3 is 2.45 bits per heavy atom. The minimum atomic E-state index is -1.19. The molecule has 0 aliphatic carbocycles. The van der Waals surface area contributed by atoms with Gasteiger partial charge in [-0.1, -0.05) is 30.3 Å². The molecule has 0 saturated carbocycles. The van der Waals surface area contributed by atoms with Gasteiger partial charge in [-0.3, -0.25) is 0 Å². The molecule has 2 aromatic rings. The van der Waals surface area contributed by atoms with Gasteiger partial charge in [0.2, 0.25) is 5.79 Å². The molecule has 1 atom stereocenters. The molecule has 0 amide bonds. The van der Waals surface area contributed by atoms with Gasteiger partial charge in [-0.15, -0.1) is 0 Å². The zero-order chi connectivity index (χ0) is 14.6. The second kappa shape index (κ2) is 6.17. The average molecular weight is 276 g/mol. The minimum Gasteiger partial charge on any atom is -0.390 e. The van der Waals surface area contributed by atoms with Gasteiger partial charge in [0.1, 0.15) is 12.3 Å². The number of aromatic nitrogens is 2. The van der Waals surface area contributed by atoms with E-state index in [2.05, 4.69) is 24.0 Å². The van der Waals surface area contributed by atoms with Gasteiger partial charge in [0.15, 0.2) is 0 Å². The first-order valence-electron chi connectivity index (χ1n) is 6.47. The van der Waals surface area contributed by atoms with E-state index >= 15 is 0 Å². The molecule has 1 heterocycles. The van der Waals surface area contributed by atoms with E-state index in [1.54, 1.807) is 12.5 Å². The lowest BCUT2D eigenvalue weighted by Crippen LogP contribution is -2.37. The number of aliphatic hydroxyl groups is 1. The maximum absolute atomic E-state index is 9.63. The monoisotopic (exact) mass is 276 g/mol. The second-order valence-electron chi connectivity index (χ2n) is 4.59. The quantitative estimate of drug-likeness (QED) is 0.819. The summed E-state index contributed by atoms with van der Waals surface area (Å²) in [5, 5.41) is 9.63. The third-order valence-electron chi connectivity index (χ3n) is 3.62. The number of nitrogens with zero attached hydrogens (tertiary/aromatic N) is 2. The maximum Gasteiger partial charge on any atom is 0.235 e. The van der Waals surface area contributed by atoms with Crippen molar-refractivity contribution in [2.75, 3.05) is 20.8 Å². The Hall–Kier alpha value is -1.69. The summed E-state index contributed by atoms with van der Waals surface area (Å²) in [6.45, 7) is 1.78. The first kappa shape index (κ1) is 14.7. The summed E-state index contributed by atoms with van der Waals surface area (Å²) in [4.78, 5) is 4.17. The van der Waals surface area contributed by atoms with Crippen LogP contribution in [0.15, 0.2) is 42.9 Å². The van der Waals surface area contributed by atoms with Crippen LogP contribution in [-0.2, 0) is 15.3 Å². The maximum atomic E-state index is 9.63. The fourth-order valence-electron chi connectivity index (χ4n) is 2.30. The molecule has 1 aromatic carbocycles. The molecule has 0 bridgehead atoms. The van der Waals surface area contributed by atoms with Crippen LogP contribution >= 0.6 is 0 Å². The number of methoxy groups -OCH3 is 2. The molecule has 1 unspecified atom stereocenters. The molecular formula is C15H20N2O3. The van der Waals surface area contributed by atoms with Gasteiger partial charge in [0.25, 0.3) is 0 Å². The molecular weight excluding hydrogens is 256 g/mol. The molecule has 0 spiro atoms. The van der Waals surface area contributed by atoms with Gasteiger partial charge < -0.3 is 19.1 Å². The molecule has 0 radical (unpaired) electrons. The largest absolute Gasteiger partial charge is 0.390 e. The second-order valence-corrected chi connectivity index (χ2v) is 4.59. The van der Waals surface area contributed by atoms with E-state index in [-0.39, 0.29) is 12.6 Å². The molecule has 20 heavy (non-hydrogen) atoms. The molecule has 1 N–H and O–H groups in total. The highest BCUT2D eigenvalue weighted by atomic mass is 16.7. The summed E-state index contributed by atoms with van der Waals surface area (Å²) < 4.78 is 12.7. The van der Waals surface area contributed by atoms with E-state index in [0.29, 0.717) is 5.69 Å². The lowest BCUT2D eigenvalue weighted by molar-refractivity contribution is -0.240. The van der Waals surface area contributed by atoms with Crippen LogP contribution in [0, 0.1) is 0 Å². The molecule has 0 saturated heterocycles. The Kier molecular flexibility index (Phi) is 4.54. The van der Waals surface area contributed by atoms with Crippen LogP contribution in [0.25, 0.3) is 0 Å². The highest BCUT2D eigenvalue weighted by Gasteiger charge is 2.36. The first-order valence-corrected chi connectivity index (χ1v) is 6.47. The molecule has 0 aliphatic rings. The molecule has 0 fully saturated rings. The predicted molar refractivity (Wildman–Crippen MR) is 75.3 cm³/mol. The van der Waals surface area contributed by atoms with Gasteiger partial charge >= 0.3 is 0 Å². The van der Waals surface area contributed by atoms with Crippen molar-refractivity contribution in [3.8, 4) is 0 Å². The number of hydrogen-bond acceptors (Lipinski definition) is 4. The van der Waals surface area contributed by atoms with Crippen LogP contribution < -0.4 is 0 Å². The van der Waals surface area contributed by atoms with Crippen molar-refractivity contribution in [2.24, 2.45) is 0 Å². The number of benzene rings is 1. The molecule has 5 heteroatoms. The van der Waals surface area contributed by atoms with Crippen molar-refractivity contribution < 1.29 is 14.6 Å². The Bertz CT molecular complexity index is 527. The number of imidazole rings is 1. The summed E-state index contributed by atoms with van der Waals surface area (Å²) in [5.74, 6) is -1.19. The van der Waals surface area contributed by atoms with Crippen molar-refractivity contribution in [3.05, 3.63) is 54.1 Å². The van der Waals surface area contributed by atoms with Gasteiger partial charge in [-0.25, -0.2) is 4.98 Å². The van der Waals surface area contributed by atoms with Crippen molar-refractivity contribution >= 4 is 0 Å². The Morgan fingerprint density at radius 2 is 1.90 bits per heavy atom. The molecule has 2 rings (SSSR count). The van der Waals surface area contributed by atoms with Crippen LogP contribution in [0.4, 0.5) is 0 Å². The van der Waals surface area contributed by atoms with Crippen LogP contribution in [0.2, 0.25) is 0 Å². The summed E-state index contributed by atoms with van der Waals surface area (Å²) in [6.07, 6.45) is 3.37. The number of hydrogen-bond donors (Lipinski definition) is 1. The smallest absolute Gasteiger partial charge is 0.235 e. The van der Waals surface area contributed by atoms with E-state index in [9.17, 15) is 5.11 Å². The van der Waals surface area contributed by atoms with Gasteiger partial charge in [-0.05, 0) is 12.5 Å². The third kappa shape index (κ3) is 2.47. The Morgan fingerprint density at radius 1 is 1.25 bits per heavy atom. The van der Waals surface area contributed by atoms with Crippen LogP contribution in [0.3, 0.4) is 0 Å². The van der Waals surface area contributed by atoms with Crippen molar-refractivity contribution in [1.82, 2.24) is 9.55 Å². The zero-order valence-electron chi connectivity index (χ0n) is 12.0. The van der Waals surface area contributed by atoms with Crippen LogP contribution in [0.5, 0.6) is 0 Å². The fraction of sp³-hybridized carbons (Fsp3) is 0.400. The fourth-order valence-corrected chi connectivity index (χ4v) is 2.30. The minimum absolute atomic E-state index is 0.0601. The Balaban J connectivity index is 2.43. The summed E-state index contributed by atoms with van der Waals surface area (Å²) in [6, 6.07) is 10.1. The summed E-state index contributed by atoms with van der Waals surface area (Å²) in [5.41, 5.74) is 1.83. The molecule has 108 valence electrons. The van der Waals surface area contributed by atoms with Crippen molar-refractivity contribution in [1.29, 1.82) is 0 Å². The van der Waals surface area contributed by atoms with Crippen LogP contribution in [0.1, 0.15) is 24.2 Å². The predicted octanol–water partition coefficient (Wildman–Crippen LogP) is 1.93. The van der Waals surface area contributed by atoms with E-state index in [4.69, 9.17) is 9.47 Å².